The molecule has 1 N–H and O–H groups in total. The Bertz CT molecular complexity index is 911. The minimum atomic E-state index is -4.84. The summed E-state index contributed by atoms with van der Waals surface area (Å²) in [5, 5.41) is 11.0. The van der Waals surface area contributed by atoms with Gasteiger partial charge < -0.3 is 9.84 Å². The molecule has 1 aromatic carbocycles. The predicted octanol–water partition coefficient (Wildman–Crippen LogP) is 5.31. The number of rotatable bonds is 6. The molecule has 3 rings (SSSR count). The van der Waals surface area contributed by atoms with Gasteiger partial charge in [-0.05, 0) is 60.8 Å². The van der Waals surface area contributed by atoms with Gasteiger partial charge in [0.15, 0.2) is 5.60 Å². The molecular formula is C23H27F4NO2. The van der Waals surface area contributed by atoms with Crippen molar-refractivity contribution in [1.29, 1.82) is 0 Å². The van der Waals surface area contributed by atoms with Crippen molar-refractivity contribution in [2.45, 2.75) is 69.6 Å². The predicted molar refractivity (Wildman–Crippen MR) is 106 cm³/mol. The monoisotopic (exact) mass is 425 g/mol. The minimum absolute atomic E-state index is 0.158. The average Bonchev–Trinajstić information content (AvgIpc) is 2.66. The molecule has 30 heavy (non-hydrogen) atoms. The van der Waals surface area contributed by atoms with Gasteiger partial charge in [-0.25, -0.2) is 4.39 Å². The molecular weight excluding hydrogens is 398 g/mol. The average molecular weight is 425 g/mol. The van der Waals surface area contributed by atoms with Crippen molar-refractivity contribution in [3.8, 4) is 5.75 Å². The largest absolute Gasteiger partial charge is 0.496 e. The molecule has 0 saturated carbocycles. The zero-order chi connectivity index (χ0) is 22.2. The molecule has 164 valence electrons. The molecule has 2 aromatic rings. The quantitative estimate of drug-likeness (QED) is 0.638. The molecule has 1 aliphatic rings. The molecule has 1 aromatic heterocycles. The molecule has 0 bridgehead atoms. The number of ether oxygens (including phenoxy) is 1. The lowest BCUT2D eigenvalue weighted by Gasteiger charge is -2.39. The SMILES string of the molecule is COc1cc(F)ccc1C(C)(C)CC(O)(Cc1ccnc2c1CCCC2)C(F)(F)F. The maximum atomic E-state index is 14.2. The molecule has 0 radical (unpaired) electrons. The highest BCUT2D eigenvalue weighted by Gasteiger charge is 2.56. The molecule has 0 saturated heterocycles. The van der Waals surface area contributed by atoms with Crippen LogP contribution < -0.4 is 4.74 Å². The molecule has 1 unspecified atom stereocenters. The first-order chi connectivity index (χ1) is 14.0. The maximum absolute atomic E-state index is 14.2. The lowest BCUT2D eigenvalue weighted by molar-refractivity contribution is -0.266. The molecule has 1 heterocycles. The van der Waals surface area contributed by atoms with Crippen LogP contribution in [0.1, 0.15) is 55.5 Å². The summed E-state index contributed by atoms with van der Waals surface area (Å²) in [7, 11) is 1.34. The van der Waals surface area contributed by atoms with Crippen LogP contribution in [0.5, 0.6) is 5.75 Å². The third-order valence-electron chi connectivity index (χ3n) is 5.97. The first-order valence-corrected chi connectivity index (χ1v) is 10.1. The number of hydrogen-bond donors (Lipinski definition) is 1. The number of halogens is 4. The van der Waals surface area contributed by atoms with E-state index in [1.807, 2.05) is 0 Å². The van der Waals surface area contributed by atoms with Gasteiger partial charge in [0, 0.05) is 29.9 Å². The second-order valence-corrected chi connectivity index (χ2v) is 8.71. The molecule has 3 nitrogen and oxygen atoms in total. The van der Waals surface area contributed by atoms with Gasteiger partial charge in [-0.1, -0.05) is 19.9 Å². The fourth-order valence-corrected chi connectivity index (χ4v) is 4.49. The van der Waals surface area contributed by atoms with Crippen molar-refractivity contribution >= 4 is 0 Å². The smallest absolute Gasteiger partial charge is 0.417 e. The second kappa shape index (κ2) is 8.17. The van der Waals surface area contributed by atoms with Crippen LogP contribution >= 0.6 is 0 Å². The van der Waals surface area contributed by atoms with Crippen LogP contribution in [0.3, 0.4) is 0 Å². The van der Waals surface area contributed by atoms with Gasteiger partial charge in [-0.2, -0.15) is 13.2 Å². The Hall–Kier alpha value is -2.15. The minimum Gasteiger partial charge on any atom is -0.496 e. The van der Waals surface area contributed by atoms with E-state index in [1.165, 1.54) is 25.4 Å². The molecule has 7 heteroatoms. The summed E-state index contributed by atoms with van der Waals surface area (Å²) >= 11 is 0. The normalized spacial score (nSPS) is 16.7. The van der Waals surface area contributed by atoms with Crippen LogP contribution in [-0.2, 0) is 24.7 Å². The first-order valence-electron chi connectivity index (χ1n) is 10.1. The Labute approximate surface area is 174 Å². The van der Waals surface area contributed by atoms with E-state index in [1.54, 1.807) is 19.9 Å². The van der Waals surface area contributed by atoms with Crippen LogP contribution in [-0.4, -0.2) is 29.0 Å². The van der Waals surface area contributed by atoms with Gasteiger partial charge in [0.1, 0.15) is 11.6 Å². The number of pyridine rings is 1. The van der Waals surface area contributed by atoms with Gasteiger partial charge in [-0.15, -0.1) is 0 Å². The first kappa shape index (κ1) is 22.5. The van der Waals surface area contributed by atoms with Gasteiger partial charge in [0.05, 0.1) is 7.11 Å². The van der Waals surface area contributed by atoms with Crippen LogP contribution in [0.15, 0.2) is 30.5 Å². The third-order valence-corrected chi connectivity index (χ3v) is 5.97. The fourth-order valence-electron chi connectivity index (χ4n) is 4.49. The van der Waals surface area contributed by atoms with Crippen LogP contribution in [0.4, 0.5) is 17.6 Å². The second-order valence-electron chi connectivity index (χ2n) is 8.71. The van der Waals surface area contributed by atoms with Crippen LogP contribution in [0.2, 0.25) is 0 Å². The van der Waals surface area contributed by atoms with Crippen molar-refractivity contribution < 1.29 is 27.4 Å². The summed E-state index contributed by atoms with van der Waals surface area (Å²) in [6, 6.07) is 5.32. The summed E-state index contributed by atoms with van der Waals surface area (Å²) in [4.78, 5) is 4.31. The highest BCUT2D eigenvalue weighted by atomic mass is 19.4. The number of methoxy groups -OCH3 is 1. The van der Waals surface area contributed by atoms with Crippen molar-refractivity contribution in [2.24, 2.45) is 0 Å². The van der Waals surface area contributed by atoms with Gasteiger partial charge in [-0.3, -0.25) is 4.98 Å². The van der Waals surface area contributed by atoms with E-state index in [-0.39, 0.29) is 5.75 Å². The van der Waals surface area contributed by atoms with Crippen LogP contribution in [0.25, 0.3) is 0 Å². The lowest BCUT2D eigenvalue weighted by atomic mass is 9.72. The molecule has 1 aliphatic carbocycles. The van der Waals surface area contributed by atoms with E-state index in [0.29, 0.717) is 17.5 Å². The number of aromatic nitrogens is 1. The standard InChI is InChI=1S/C23H27F4NO2/c1-21(2,18-9-8-16(24)12-20(18)30-3)14-22(29,23(25,26)27)13-15-10-11-28-19-7-5-4-6-17(15)19/h8-12,29H,4-7,13-14H2,1-3H3. The number of fused-ring (bicyclic) bond motifs is 1. The zero-order valence-electron chi connectivity index (χ0n) is 17.4. The number of benzene rings is 1. The summed E-state index contributed by atoms with van der Waals surface area (Å²) < 4.78 is 61.2. The Balaban J connectivity index is 1.99. The Kier molecular flexibility index (Phi) is 6.14. The number of nitrogens with zero attached hydrogens (tertiary/aromatic N) is 1. The highest BCUT2D eigenvalue weighted by molar-refractivity contribution is 5.40. The Morgan fingerprint density at radius 3 is 2.47 bits per heavy atom. The van der Waals surface area contributed by atoms with Gasteiger partial charge in [0.2, 0.25) is 0 Å². The zero-order valence-corrected chi connectivity index (χ0v) is 17.4. The van der Waals surface area contributed by atoms with Crippen LogP contribution in [0, 0.1) is 5.82 Å². The fraction of sp³-hybridized carbons (Fsp3) is 0.522. The lowest BCUT2D eigenvalue weighted by Crippen LogP contribution is -2.51. The summed E-state index contributed by atoms with van der Waals surface area (Å²) in [6.45, 7) is 3.20. The van der Waals surface area contributed by atoms with E-state index >= 15 is 0 Å². The van der Waals surface area contributed by atoms with Crippen molar-refractivity contribution in [1.82, 2.24) is 4.98 Å². The van der Waals surface area contributed by atoms with E-state index < -0.39 is 35.9 Å². The van der Waals surface area contributed by atoms with Gasteiger partial charge >= 0.3 is 6.18 Å². The highest BCUT2D eigenvalue weighted by Crippen LogP contribution is 2.45. The summed E-state index contributed by atoms with van der Waals surface area (Å²) in [5.74, 6) is -0.383. The molecule has 0 aliphatic heterocycles. The van der Waals surface area contributed by atoms with Crippen molar-refractivity contribution in [2.75, 3.05) is 7.11 Å². The number of hydrogen-bond acceptors (Lipinski definition) is 3. The van der Waals surface area contributed by atoms with E-state index in [9.17, 15) is 22.7 Å². The number of aryl methyl sites for hydroxylation is 1. The van der Waals surface area contributed by atoms with Crippen molar-refractivity contribution in [3.63, 3.8) is 0 Å². The van der Waals surface area contributed by atoms with E-state index in [0.717, 1.165) is 36.6 Å². The number of aliphatic hydroxyl groups is 1. The molecule has 1 atom stereocenters. The Morgan fingerprint density at radius 1 is 1.10 bits per heavy atom. The Morgan fingerprint density at radius 2 is 1.80 bits per heavy atom. The topological polar surface area (TPSA) is 42.4 Å². The summed E-state index contributed by atoms with van der Waals surface area (Å²) in [5.41, 5.74) is -1.54. The summed E-state index contributed by atoms with van der Waals surface area (Å²) in [6.07, 6.45) is -1.20. The number of alkyl halides is 3. The van der Waals surface area contributed by atoms with Crippen molar-refractivity contribution in [3.05, 3.63) is 58.7 Å². The van der Waals surface area contributed by atoms with Gasteiger partial charge in [0.25, 0.3) is 0 Å². The third kappa shape index (κ3) is 4.46. The van der Waals surface area contributed by atoms with E-state index in [4.69, 9.17) is 4.74 Å². The molecule has 0 spiro atoms. The maximum Gasteiger partial charge on any atom is 0.417 e. The molecule has 0 amide bonds. The van der Waals surface area contributed by atoms with E-state index in [2.05, 4.69) is 4.98 Å². The molecule has 0 fully saturated rings.